The van der Waals surface area contributed by atoms with Crippen LogP contribution in [0.4, 0.5) is 0 Å². The van der Waals surface area contributed by atoms with Crippen LogP contribution in [0.25, 0.3) is 0 Å². The maximum Gasteiger partial charge on any atom is 0.252 e. The number of hydrogen-bond donors (Lipinski definition) is 2. The van der Waals surface area contributed by atoms with Crippen molar-refractivity contribution in [2.45, 2.75) is 32.6 Å². The van der Waals surface area contributed by atoms with Gasteiger partial charge in [0.15, 0.2) is 0 Å². The number of hydrogen-bond acceptors (Lipinski definition) is 3. The van der Waals surface area contributed by atoms with Crippen molar-refractivity contribution >= 4 is 14.2 Å². The van der Waals surface area contributed by atoms with E-state index in [1.54, 1.807) is 12.1 Å². The van der Waals surface area contributed by atoms with E-state index < -0.39 is 14.2 Å². The highest BCUT2D eigenvalue weighted by atomic mass is 28.4. The minimum Gasteiger partial charge on any atom is -0.544 e. The number of carbonyl (C=O) groups is 1. The van der Waals surface area contributed by atoms with Crippen molar-refractivity contribution in [3.05, 3.63) is 29.3 Å². The molecule has 1 atom stereocenters. The molecule has 1 rings (SSSR count). The fourth-order valence-corrected chi connectivity index (χ4v) is 2.28. The fourth-order valence-electron chi connectivity index (χ4n) is 1.44. The van der Waals surface area contributed by atoms with Gasteiger partial charge in [-0.1, -0.05) is 6.07 Å². The second kappa shape index (κ2) is 4.89. The Hall–Kier alpha value is -1.33. The van der Waals surface area contributed by atoms with Gasteiger partial charge in [0, 0.05) is 6.04 Å². The van der Waals surface area contributed by atoms with Crippen LogP contribution in [0.3, 0.4) is 0 Å². The van der Waals surface area contributed by atoms with Gasteiger partial charge >= 0.3 is 0 Å². The van der Waals surface area contributed by atoms with Gasteiger partial charge in [-0.15, -0.1) is 0 Å². The van der Waals surface area contributed by atoms with Crippen molar-refractivity contribution < 1.29 is 9.22 Å². The lowest BCUT2D eigenvalue weighted by Crippen LogP contribution is -2.30. The van der Waals surface area contributed by atoms with E-state index in [0.29, 0.717) is 11.3 Å². The average molecular weight is 252 g/mol. The summed E-state index contributed by atoms with van der Waals surface area (Å²) in [4.78, 5) is 11.4. The van der Waals surface area contributed by atoms with E-state index in [9.17, 15) is 4.79 Å². The van der Waals surface area contributed by atoms with Crippen LogP contribution in [0, 0.1) is 0 Å². The summed E-state index contributed by atoms with van der Waals surface area (Å²) in [7, 11) is -1.76. The smallest absolute Gasteiger partial charge is 0.252 e. The lowest BCUT2D eigenvalue weighted by atomic mass is 10.0. The molecular weight excluding hydrogens is 232 g/mol. The third kappa shape index (κ3) is 3.87. The molecule has 0 fully saturated rings. The molecule has 0 saturated carbocycles. The molecule has 0 aliphatic heterocycles. The van der Waals surface area contributed by atoms with E-state index in [1.165, 1.54) is 0 Å². The Balaban J connectivity index is 3.18. The number of primary amides is 1. The van der Waals surface area contributed by atoms with Gasteiger partial charge in [-0.05, 0) is 44.3 Å². The number of benzene rings is 1. The molecule has 4 N–H and O–H groups in total. The van der Waals surface area contributed by atoms with Gasteiger partial charge in [0.25, 0.3) is 5.91 Å². The molecule has 4 nitrogen and oxygen atoms in total. The van der Waals surface area contributed by atoms with E-state index >= 15 is 0 Å². The summed E-state index contributed by atoms with van der Waals surface area (Å²) in [5, 5.41) is 0. The first-order valence-corrected chi connectivity index (χ1v) is 9.00. The van der Waals surface area contributed by atoms with Gasteiger partial charge in [0.2, 0.25) is 8.32 Å². The van der Waals surface area contributed by atoms with Crippen LogP contribution < -0.4 is 15.9 Å². The molecule has 1 unspecified atom stereocenters. The Kier molecular flexibility index (Phi) is 3.95. The molecule has 0 saturated heterocycles. The van der Waals surface area contributed by atoms with Gasteiger partial charge in [0.1, 0.15) is 5.75 Å². The Morgan fingerprint density at radius 1 is 1.35 bits per heavy atom. The minimum atomic E-state index is -1.76. The minimum absolute atomic E-state index is 0.131. The Morgan fingerprint density at radius 2 is 1.94 bits per heavy atom. The molecule has 0 aliphatic carbocycles. The van der Waals surface area contributed by atoms with Crippen LogP contribution in [0.1, 0.15) is 28.9 Å². The topological polar surface area (TPSA) is 78.3 Å². The summed E-state index contributed by atoms with van der Waals surface area (Å²) in [5.41, 5.74) is 12.4. The number of rotatable bonds is 4. The van der Waals surface area contributed by atoms with E-state index in [-0.39, 0.29) is 6.04 Å². The molecular formula is C12H20N2O2Si. The van der Waals surface area contributed by atoms with E-state index in [2.05, 4.69) is 19.6 Å². The summed E-state index contributed by atoms with van der Waals surface area (Å²) in [6.45, 7) is 8.02. The highest BCUT2D eigenvalue weighted by Crippen LogP contribution is 2.25. The second-order valence-electron chi connectivity index (χ2n) is 5.12. The van der Waals surface area contributed by atoms with Crippen molar-refractivity contribution in [2.24, 2.45) is 11.5 Å². The van der Waals surface area contributed by atoms with Crippen LogP contribution in [0.5, 0.6) is 5.75 Å². The lowest BCUT2D eigenvalue weighted by molar-refractivity contribution is 0.0998. The lowest BCUT2D eigenvalue weighted by Gasteiger charge is -2.21. The third-order valence-corrected chi connectivity index (χ3v) is 3.04. The molecule has 0 spiro atoms. The van der Waals surface area contributed by atoms with Crippen LogP contribution in [-0.2, 0) is 0 Å². The summed E-state index contributed by atoms with van der Waals surface area (Å²) in [5.74, 6) is 0.0711. The molecule has 5 heteroatoms. The summed E-state index contributed by atoms with van der Waals surface area (Å²) < 4.78 is 5.83. The maximum atomic E-state index is 11.4. The zero-order valence-corrected chi connectivity index (χ0v) is 11.8. The summed E-state index contributed by atoms with van der Waals surface area (Å²) >= 11 is 0. The molecule has 1 amide bonds. The monoisotopic (exact) mass is 252 g/mol. The Morgan fingerprint density at radius 3 is 2.35 bits per heavy atom. The zero-order chi connectivity index (χ0) is 13.2. The third-order valence-electron chi connectivity index (χ3n) is 2.21. The van der Waals surface area contributed by atoms with E-state index in [1.807, 2.05) is 13.0 Å². The van der Waals surface area contributed by atoms with Crippen molar-refractivity contribution in [3.8, 4) is 5.75 Å². The highest BCUT2D eigenvalue weighted by molar-refractivity contribution is 6.70. The van der Waals surface area contributed by atoms with Crippen molar-refractivity contribution in [1.29, 1.82) is 0 Å². The van der Waals surface area contributed by atoms with Gasteiger partial charge in [0.05, 0.1) is 5.56 Å². The second-order valence-corrected chi connectivity index (χ2v) is 9.55. The molecule has 0 heterocycles. The van der Waals surface area contributed by atoms with Gasteiger partial charge in [-0.25, -0.2) is 0 Å². The first-order valence-electron chi connectivity index (χ1n) is 5.59. The first kappa shape index (κ1) is 13.7. The zero-order valence-electron chi connectivity index (χ0n) is 10.8. The van der Waals surface area contributed by atoms with Crippen LogP contribution in [-0.4, -0.2) is 14.2 Å². The summed E-state index contributed by atoms with van der Waals surface area (Å²) in [6.07, 6.45) is 0. The Bertz CT molecular complexity index is 425. The van der Waals surface area contributed by atoms with Gasteiger partial charge in [-0.2, -0.15) is 0 Å². The van der Waals surface area contributed by atoms with Crippen LogP contribution in [0.15, 0.2) is 18.2 Å². The van der Waals surface area contributed by atoms with E-state index in [4.69, 9.17) is 15.9 Å². The predicted molar refractivity (Wildman–Crippen MR) is 71.5 cm³/mol. The normalized spacial score (nSPS) is 13.2. The predicted octanol–water partition coefficient (Wildman–Crippen LogP) is 2.02. The number of amides is 1. The molecule has 94 valence electrons. The SMILES string of the molecule is CC(N)c1ccc(O[Si](C)(C)C)c(C(N)=O)c1. The van der Waals surface area contributed by atoms with Crippen molar-refractivity contribution in [3.63, 3.8) is 0 Å². The number of carbonyl (C=O) groups excluding carboxylic acids is 1. The van der Waals surface area contributed by atoms with Crippen molar-refractivity contribution in [1.82, 2.24) is 0 Å². The average Bonchev–Trinajstić information content (AvgIpc) is 2.14. The van der Waals surface area contributed by atoms with Gasteiger partial charge < -0.3 is 15.9 Å². The Labute approximate surface area is 103 Å². The largest absolute Gasteiger partial charge is 0.544 e. The van der Waals surface area contributed by atoms with Crippen LogP contribution in [0.2, 0.25) is 19.6 Å². The number of nitrogens with two attached hydrogens (primary N) is 2. The summed E-state index contributed by atoms with van der Waals surface area (Å²) in [6, 6.07) is 5.22. The van der Waals surface area contributed by atoms with Crippen molar-refractivity contribution in [2.75, 3.05) is 0 Å². The van der Waals surface area contributed by atoms with Gasteiger partial charge in [-0.3, -0.25) is 4.79 Å². The maximum absolute atomic E-state index is 11.4. The molecule has 0 bridgehead atoms. The molecule has 17 heavy (non-hydrogen) atoms. The standard InChI is InChI=1S/C12H20N2O2Si/c1-8(13)9-5-6-11(16-17(2,3)4)10(7-9)12(14)15/h5-8H,13H2,1-4H3,(H2,14,15). The molecule has 0 radical (unpaired) electrons. The molecule has 0 aliphatic rings. The molecule has 0 aromatic heterocycles. The fraction of sp³-hybridized carbons (Fsp3) is 0.417. The van der Waals surface area contributed by atoms with Crippen LogP contribution >= 0.6 is 0 Å². The highest BCUT2D eigenvalue weighted by Gasteiger charge is 2.20. The molecule has 1 aromatic carbocycles. The first-order chi connectivity index (χ1) is 7.70. The quantitative estimate of drug-likeness (QED) is 0.805. The van der Waals surface area contributed by atoms with E-state index in [0.717, 1.165) is 5.56 Å². The molecule has 1 aromatic rings.